The molecule has 0 saturated heterocycles. The summed E-state index contributed by atoms with van der Waals surface area (Å²) in [7, 11) is 0. The summed E-state index contributed by atoms with van der Waals surface area (Å²) in [5.74, 6) is 0.483. The Hall–Kier alpha value is -2.22. The van der Waals surface area contributed by atoms with Gasteiger partial charge in [-0.3, -0.25) is 14.6 Å². The van der Waals surface area contributed by atoms with E-state index in [-0.39, 0.29) is 0 Å². The van der Waals surface area contributed by atoms with Gasteiger partial charge in [-0.25, -0.2) is 0 Å². The first-order valence-electron chi connectivity index (χ1n) is 5.44. The monoisotopic (exact) mass is 227 g/mol. The third-order valence-electron chi connectivity index (χ3n) is 2.24. The van der Waals surface area contributed by atoms with E-state index in [1.54, 1.807) is 29.5 Å². The Bertz CT molecular complexity index is 536. The van der Waals surface area contributed by atoms with Crippen LogP contribution in [0.5, 0.6) is 0 Å². The summed E-state index contributed by atoms with van der Waals surface area (Å²) in [4.78, 5) is 8.15. The van der Waals surface area contributed by atoms with Crippen molar-refractivity contribution in [3.05, 3.63) is 30.4 Å². The van der Waals surface area contributed by atoms with Gasteiger partial charge in [-0.2, -0.15) is 10.4 Å². The number of hydrogen-bond donors (Lipinski definition) is 0. The fraction of sp³-hybridized carbons (Fsp3) is 0.333. The van der Waals surface area contributed by atoms with Crippen LogP contribution < -0.4 is 0 Å². The van der Waals surface area contributed by atoms with Crippen molar-refractivity contribution in [1.29, 1.82) is 5.26 Å². The maximum absolute atomic E-state index is 9.08. The Kier molecular flexibility index (Phi) is 3.15. The van der Waals surface area contributed by atoms with Crippen molar-refractivity contribution < 1.29 is 0 Å². The molecule has 5 heteroatoms. The highest BCUT2D eigenvalue weighted by Gasteiger charge is 2.12. The molecule has 0 fully saturated rings. The number of hydrogen-bond acceptors (Lipinski definition) is 4. The molecule has 0 aliphatic carbocycles. The highest BCUT2D eigenvalue weighted by molar-refractivity contribution is 5.61. The molecule has 0 unspecified atom stereocenters. The molecule has 2 rings (SSSR count). The average Bonchev–Trinajstić information content (AvgIpc) is 2.72. The first-order valence-corrected chi connectivity index (χ1v) is 5.44. The summed E-state index contributed by atoms with van der Waals surface area (Å²) < 4.78 is 1.78. The number of nitrogens with zero attached hydrogens (tertiary/aromatic N) is 5. The Labute approximate surface area is 99.8 Å². The summed E-state index contributed by atoms with van der Waals surface area (Å²) >= 11 is 0. The number of aromatic nitrogens is 4. The predicted octanol–water partition coefficient (Wildman–Crippen LogP) is 1.87. The Morgan fingerprint density at radius 3 is 2.82 bits per heavy atom. The van der Waals surface area contributed by atoms with Gasteiger partial charge in [-0.15, -0.1) is 0 Å². The van der Waals surface area contributed by atoms with Gasteiger partial charge >= 0.3 is 0 Å². The summed E-state index contributed by atoms with van der Waals surface area (Å²) in [5, 5.41) is 13.5. The van der Waals surface area contributed by atoms with E-state index in [0.717, 1.165) is 6.54 Å². The second kappa shape index (κ2) is 4.74. The fourth-order valence-electron chi connectivity index (χ4n) is 1.58. The van der Waals surface area contributed by atoms with Gasteiger partial charge in [0, 0.05) is 25.1 Å². The molecule has 0 radical (unpaired) electrons. The fourth-order valence-corrected chi connectivity index (χ4v) is 1.58. The van der Waals surface area contributed by atoms with Crippen LogP contribution in [0.15, 0.2) is 24.8 Å². The van der Waals surface area contributed by atoms with E-state index < -0.39 is 0 Å². The lowest BCUT2D eigenvalue weighted by Gasteiger charge is -2.03. The summed E-state index contributed by atoms with van der Waals surface area (Å²) in [6, 6.07) is 2.14. The number of rotatable bonds is 3. The lowest BCUT2D eigenvalue weighted by molar-refractivity contribution is 0.484. The largest absolute Gasteiger partial charge is 0.270 e. The molecule has 0 atom stereocenters. The molecule has 0 N–H and O–H groups in total. The van der Waals surface area contributed by atoms with Crippen LogP contribution in [0.3, 0.4) is 0 Å². The van der Waals surface area contributed by atoms with Crippen molar-refractivity contribution in [3.8, 4) is 17.5 Å². The molecular weight excluding hydrogens is 214 g/mol. The first-order chi connectivity index (χ1) is 8.20. The van der Waals surface area contributed by atoms with Crippen LogP contribution in [0.4, 0.5) is 0 Å². The van der Waals surface area contributed by atoms with E-state index in [4.69, 9.17) is 5.26 Å². The summed E-state index contributed by atoms with van der Waals surface area (Å²) in [5.41, 5.74) is 1.76. The lowest BCUT2D eigenvalue weighted by Crippen LogP contribution is -2.04. The van der Waals surface area contributed by atoms with Crippen LogP contribution in [0.1, 0.15) is 19.4 Å². The second-order valence-electron chi connectivity index (χ2n) is 4.21. The molecule has 0 saturated carbocycles. The molecule has 0 spiro atoms. The molecule has 0 bridgehead atoms. The van der Waals surface area contributed by atoms with Crippen LogP contribution in [0, 0.1) is 17.2 Å². The van der Waals surface area contributed by atoms with Gasteiger partial charge < -0.3 is 0 Å². The van der Waals surface area contributed by atoms with E-state index in [9.17, 15) is 0 Å². The smallest absolute Gasteiger partial charge is 0.130 e. The molecule has 2 aromatic rings. The normalized spacial score (nSPS) is 10.5. The minimum absolute atomic E-state index is 0.483. The average molecular weight is 227 g/mol. The zero-order valence-corrected chi connectivity index (χ0v) is 9.83. The molecule has 0 aliphatic rings. The van der Waals surface area contributed by atoms with Crippen molar-refractivity contribution in [2.75, 3.05) is 0 Å². The molecule has 0 amide bonds. The topological polar surface area (TPSA) is 67.4 Å². The Morgan fingerprint density at radius 1 is 1.41 bits per heavy atom. The molecule has 5 nitrogen and oxygen atoms in total. The number of nitriles is 1. The quantitative estimate of drug-likeness (QED) is 0.802. The standard InChI is InChI=1S/C12H13N5/c1-9(2)7-17-8-10(5-13)12(16-17)11-6-14-3-4-15-11/h3-4,6,8-9H,7H2,1-2H3. The molecule has 2 aromatic heterocycles. The van der Waals surface area contributed by atoms with Gasteiger partial charge in [-0.1, -0.05) is 13.8 Å². The van der Waals surface area contributed by atoms with Crippen molar-refractivity contribution in [2.45, 2.75) is 20.4 Å². The SMILES string of the molecule is CC(C)Cn1cc(C#N)c(-c2cnccn2)n1. The van der Waals surface area contributed by atoms with Gasteiger partial charge in [0.1, 0.15) is 17.5 Å². The second-order valence-corrected chi connectivity index (χ2v) is 4.21. The van der Waals surface area contributed by atoms with Crippen LogP contribution in [-0.4, -0.2) is 19.7 Å². The van der Waals surface area contributed by atoms with Crippen molar-refractivity contribution in [3.63, 3.8) is 0 Å². The van der Waals surface area contributed by atoms with Crippen LogP contribution in [0.25, 0.3) is 11.4 Å². The maximum Gasteiger partial charge on any atom is 0.130 e. The highest BCUT2D eigenvalue weighted by atomic mass is 15.3. The van der Waals surface area contributed by atoms with E-state index in [1.165, 1.54) is 0 Å². The lowest BCUT2D eigenvalue weighted by atomic mass is 10.2. The van der Waals surface area contributed by atoms with E-state index in [2.05, 4.69) is 35.0 Å². The van der Waals surface area contributed by atoms with Gasteiger partial charge in [0.15, 0.2) is 0 Å². The summed E-state index contributed by atoms with van der Waals surface area (Å²) in [6.45, 7) is 5.00. The van der Waals surface area contributed by atoms with Crippen LogP contribution >= 0.6 is 0 Å². The van der Waals surface area contributed by atoms with Crippen molar-refractivity contribution >= 4 is 0 Å². The van der Waals surface area contributed by atoms with E-state index >= 15 is 0 Å². The zero-order chi connectivity index (χ0) is 12.3. The Balaban J connectivity index is 2.41. The molecular formula is C12H13N5. The molecule has 17 heavy (non-hydrogen) atoms. The molecule has 2 heterocycles. The maximum atomic E-state index is 9.08. The van der Waals surface area contributed by atoms with Crippen molar-refractivity contribution in [1.82, 2.24) is 19.7 Å². The minimum Gasteiger partial charge on any atom is -0.270 e. The highest BCUT2D eigenvalue weighted by Crippen LogP contribution is 2.18. The van der Waals surface area contributed by atoms with E-state index in [0.29, 0.717) is 22.9 Å². The molecule has 86 valence electrons. The predicted molar refractivity (Wildman–Crippen MR) is 62.8 cm³/mol. The first kappa shape index (κ1) is 11.3. The molecule has 0 aliphatic heterocycles. The van der Waals surface area contributed by atoms with Gasteiger partial charge in [0.05, 0.1) is 11.8 Å². The van der Waals surface area contributed by atoms with Gasteiger partial charge in [-0.05, 0) is 5.92 Å². The van der Waals surface area contributed by atoms with Gasteiger partial charge in [0.2, 0.25) is 0 Å². The summed E-state index contributed by atoms with van der Waals surface area (Å²) in [6.07, 6.45) is 6.56. The third kappa shape index (κ3) is 2.48. The molecule has 0 aromatic carbocycles. The van der Waals surface area contributed by atoms with Gasteiger partial charge in [0.25, 0.3) is 0 Å². The Morgan fingerprint density at radius 2 is 2.24 bits per heavy atom. The third-order valence-corrected chi connectivity index (χ3v) is 2.24. The van der Waals surface area contributed by atoms with Crippen molar-refractivity contribution in [2.24, 2.45) is 5.92 Å². The zero-order valence-electron chi connectivity index (χ0n) is 9.83. The van der Waals surface area contributed by atoms with E-state index in [1.807, 2.05) is 0 Å². The minimum atomic E-state index is 0.483. The van der Waals surface area contributed by atoms with Crippen LogP contribution in [-0.2, 0) is 6.54 Å². The van der Waals surface area contributed by atoms with Crippen LogP contribution in [0.2, 0.25) is 0 Å².